The molecular formula is C12H11NO4S2. The topological polar surface area (TPSA) is 83.5 Å². The maximum atomic E-state index is 12.1. The minimum Gasteiger partial charge on any atom is -0.477 e. The number of carboxylic acid groups (broad SMARTS) is 1. The minimum atomic E-state index is -3.68. The van der Waals surface area contributed by atoms with Crippen molar-refractivity contribution >= 4 is 32.3 Å². The number of hydrogen-bond donors (Lipinski definition) is 2. The lowest BCUT2D eigenvalue weighted by molar-refractivity contribution is 0.0702. The highest BCUT2D eigenvalue weighted by Crippen LogP contribution is 2.25. The zero-order valence-electron chi connectivity index (χ0n) is 9.95. The average molecular weight is 297 g/mol. The third-order valence-electron chi connectivity index (χ3n) is 2.35. The van der Waals surface area contributed by atoms with Gasteiger partial charge in [-0.05, 0) is 36.8 Å². The summed E-state index contributed by atoms with van der Waals surface area (Å²) in [6, 6.07) is 9.28. The summed E-state index contributed by atoms with van der Waals surface area (Å²) >= 11 is 0.877. The van der Waals surface area contributed by atoms with Gasteiger partial charge in [0.25, 0.3) is 10.0 Å². The molecule has 1 heterocycles. The third kappa shape index (κ3) is 3.12. The number of anilines is 1. The fourth-order valence-electron chi connectivity index (χ4n) is 1.48. The van der Waals surface area contributed by atoms with E-state index in [2.05, 4.69) is 4.72 Å². The molecule has 2 N–H and O–H groups in total. The van der Waals surface area contributed by atoms with Gasteiger partial charge in [-0.3, -0.25) is 4.72 Å². The molecule has 1 aromatic carbocycles. The van der Waals surface area contributed by atoms with E-state index in [1.54, 1.807) is 25.1 Å². The molecule has 0 radical (unpaired) electrons. The highest BCUT2D eigenvalue weighted by atomic mass is 32.2. The van der Waals surface area contributed by atoms with Crippen LogP contribution in [0.2, 0.25) is 0 Å². The summed E-state index contributed by atoms with van der Waals surface area (Å²) in [5.74, 6) is -1.08. The molecule has 19 heavy (non-hydrogen) atoms. The predicted molar refractivity (Wildman–Crippen MR) is 73.3 cm³/mol. The first-order valence-corrected chi connectivity index (χ1v) is 7.61. The molecule has 7 heteroatoms. The normalized spacial score (nSPS) is 11.2. The summed E-state index contributed by atoms with van der Waals surface area (Å²) < 4.78 is 26.5. The Morgan fingerprint density at radius 1 is 1.26 bits per heavy atom. The first-order valence-electron chi connectivity index (χ1n) is 5.31. The second-order valence-corrected chi connectivity index (χ2v) is 6.66. The Kier molecular flexibility index (Phi) is 3.59. The van der Waals surface area contributed by atoms with Gasteiger partial charge in [0, 0.05) is 0 Å². The van der Waals surface area contributed by atoms with E-state index in [9.17, 15) is 13.2 Å². The molecule has 0 fully saturated rings. The van der Waals surface area contributed by atoms with Gasteiger partial charge in [-0.1, -0.05) is 12.1 Å². The van der Waals surface area contributed by atoms with Gasteiger partial charge in [0.05, 0.1) is 4.90 Å². The van der Waals surface area contributed by atoms with Crippen molar-refractivity contribution in [3.05, 3.63) is 46.8 Å². The number of aromatic carboxylic acids is 1. The number of aryl methyl sites for hydroxylation is 1. The van der Waals surface area contributed by atoms with E-state index in [-0.39, 0.29) is 14.8 Å². The molecule has 0 saturated carbocycles. The minimum absolute atomic E-state index is 0.0851. The van der Waals surface area contributed by atoms with E-state index in [4.69, 9.17) is 5.11 Å². The average Bonchev–Trinajstić information content (AvgIpc) is 2.77. The molecule has 1 aromatic heterocycles. The van der Waals surface area contributed by atoms with Crippen LogP contribution in [0.4, 0.5) is 5.00 Å². The number of thiophene rings is 1. The lowest BCUT2D eigenvalue weighted by Crippen LogP contribution is -2.12. The van der Waals surface area contributed by atoms with E-state index in [0.29, 0.717) is 0 Å². The van der Waals surface area contributed by atoms with Gasteiger partial charge in [0.2, 0.25) is 0 Å². The summed E-state index contributed by atoms with van der Waals surface area (Å²) in [7, 11) is -3.68. The molecule has 100 valence electrons. The molecule has 2 rings (SSSR count). The number of benzene rings is 1. The number of carbonyl (C=O) groups is 1. The van der Waals surface area contributed by atoms with Crippen LogP contribution < -0.4 is 4.72 Å². The van der Waals surface area contributed by atoms with Crippen LogP contribution in [0, 0.1) is 6.92 Å². The second-order valence-electron chi connectivity index (χ2n) is 3.89. The second kappa shape index (κ2) is 5.02. The van der Waals surface area contributed by atoms with Crippen molar-refractivity contribution in [2.24, 2.45) is 0 Å². The number of nitrogens with one attached hydrogen (secondary N) is 1. The number of hydrogen-bond acceptors (Lipinski definition) is 4. The first kappa shape index (κ1) is 13.6. The summed E-state index contributed by atoms with van der Waals surface area (Å²) in [5.41, 5.74) is 0.834. The predicted octanol–water partition coefficient (Wildman–Crippen LogP) is 2.56. The summed E-state index contributed by atoms with van der Waals surface area (Å²) in [5, 5.41) is 9.06. The molecule has 0 bridgehead atoms. The maximum absolute atomic E-state index is 12.1. The Labute approximate surface area is 114 Å². The van der Waals surface area contributed by atoms with Gasteiger partial charge < -0.3 is 5.11 Å². The summed E-state index contributed by atoms with van der Waals surface area (Å²) in [6.07, 6.45) is 0. The van der Waals surface area contributed by atoms with Gasteiger partial charge in [-0.25, -0.2) is 13.2 Å². The van der Waals surface area contributed by atoms with Gasteiger partial charge in [0.15, 0.2) is 0 Å². The highest BCUT2D eigenvalue weighted by Gasteiger charge is 2.16. The van der Waals surface area contributed by atoms with E-state index in [1.807, 2.05) is 0 Å². The lowest BCUT2D eigenvalue weighted by atomic mass is 10.2. The van der Waals surface area contributed by atoms with Crippen molar-refractivity contribution in [3.63, 3.8) is 0 Å². The van der Waals surface area contributed by atoms with Crippen LogP contribution >= 0.6 is 11.3 Å². The molecule has 0 atom stereocenters. The van der Waals surface area contributed by atoms with Gasteiger partial charge in [-0.15, -0.1) is 11.3 Å². The van der Waals surface area contributed by atoms with Gasteiger partial charge in [-0.2, -0.15) is 0 Å². The van der Waals surface area contributed by atoms with Crippen molar-refractivity contribution in [1.82, 2.24) is 0 Å². The van der Waals surface area contributed by atoms with Crippen LogP contribution in [0.5, 0.6) is 0 Å². The molecule has 0 aliphatic rings. The SMILES string of the molecule is Cc1cccc(S(=O)(=O)Nc2ccc(C(=O)O)s2)c1. The number of carboxylic acids is 1. The smallest absolute Gasteiger partial charge is 0.345 e. The van der Waals surface area contributed by atoms with Crippen LogP contribution in [0.25, 0.3) is 0 Å². The Bertz CT molecular complexity index is 719. The number of rotatable bonds is 4. The standard InChI is InChI=1S/C12H11NO4S2/c1-8-3-2-4-9(7-8)19(16,17)13-11-6-5-10(18-11)12(14)15/h2-7,13H,1H3,(H,14,15). The Morgan fingerprint density at radius 3 is 2.58 bits per heavy atom. The molecular weight excluding hydrogens is 286 g/mol. The largest absolute Gasteiger partial charge is 0.477 e. The quantitative estimate of drug-likeness (QED) is 0.908. The zero-order chi connectivity index (χ0) is 14.0. The van der Waals surface area contributed by atoms with Crippen molar-refractivity contribution in [3.8, 4) is 0 Å². The molecule has 0 aliphatic carbocycles. The van der Waals surface area contributed by atoms with E-state index in [1.165, 1.54) is 18.2 Å². The Balaban J connectivity index is 2.28. The highest BCUT2D eigenvalue weighted by molar-refractivity contribution is 7.93. The first-order chi connectivity index (χ1) is 8.88. The Morgan fingerprint density at radius 2 is 2.00 bits per heavy atom. The lowest BCUT2D eigenvalue weighted by Gasteiger charge is -2.06. The van der Waals surface area contributed by atoms with Crippen molar-refractivity contribution < 1.29 is 18.3 Å². The van der Waals surface area contributed by atoms with Crippen LogP contribution in [0.3, 0.4) is 0 Å². The monoisotopic (exact) mass is 297 g/mol. The molecule has 0 saturated heterocycles. The van der Waals surface area contributed by atoms with Crippen LogP contribution in [0.15, 0.2) is 41.3 Å². The van der Waals surface area contributed by atoms with Crippen LogP contribution in [-0.4, -0.2) is 19.5 Å². The molecule has 0 spiro atoms. The van der Waals surface area contributed by atoms with Gasteiger partial charge in [0.1, 0.15) is 9.88 Å². The Hall–Kier alpha value is -1.86. The van der Waals surface area contributed by atoms with E-state index < -0.39 is 16.0 Å². The van der Waals surface area contributed by atoms with Crippen molar-refractivity contribution in [2.75, 3.05) is 4.72 Å². The fraction of sp³-hybridized carbons (Fsp3) is 0.0833. The number of sulfonamides is 1. The molecule has 0 aliphatic heterocycles. The summed E-state index contributed by atoms with van der Waals surface area (Å²) in [6.45, 7) is 1.80. The summed E-state index contributed by atoms with van der Waals surface area (Å²) in [4.78, 5) is 11.0. The fourth-order valence-corrected chi connectivity index (χ4v) is 3.62. The van der Waals surface area contributed by atoms with Crippen LogP contribution in [-0.2, 0) is 10.0 Å². The van der Waals surface area contributed by atoms with E-state index in [0.717, 1.165) is 16.9 Å². The molecule has 0 amide bonds. The third-order valence-corrected chi connectivity index (χ3v) is 4.83. The van der Waals surface area contributed by atoms with Crippen molar-refractivity contribution in [1.29, 1.82) is 0 Å². The molecule has 0 unspecified atom stereocenters. The van der Waals surface area contributed by atoms with Crippen molar-refractivity contribution in [2.45, 2.75) is 11.8 Å². The van der Waals surface area contributed by atoms with Gasteiger partial charge >= 0.3 is 5.97 Å². The van der Waals surface area contributed by atoms with E-state index >= 15 is 0 Å². The molecule has 5 nitrogen and oxygen atoms in total. The molecule has 2 aromatic rings. The zero-order valence-corrected chi connectivity index (χ0v) is 11.6. The van der Waals surface area contributed by atoms with Crippen LogP contribution in [0.1, 0.15) is 15.2 Å². The maximum Gasteiger partial charge on any atom is 0.345 e.